The Labute approximate surface area is 195 Å². The number of carbonyl (C=O) groups is 3. The van der Waals surface area contributed by atoms with E-state index >= 15 is 0 Å². The number of amides is 3. The van der Waals surface area contributed by atoms with Crippen LogP contribution in [0.5, 0.6) is 5.75 Å². The molecule has 3 amide bonds. The van der Waals surface area contributed by atoms with Gasteiger partial charge in [-0.2, -0.15) is 0 Å². The van der Waals surface area contributed by atoms with Gasteiger partial charge in [-0.15, -0.1) is 0 Å². The number of hydrogen-bond donors (Lipinski definition) is 1. The summed E-state index contributed by atoms with van der Waals surface area (Å²) in [5, 5.41) is 2.31. The Hall–Kier alpha value is -3.23. The Bertz CT molecular complexity index is 1180. The van der Waals surface area contributed by atoms with Gasteiger partial charge in [0.2, 0.25) is 11.8 Å². The van der Waals surface area contributed by atoms with E-state index in [0.717, 1.165) is 18.7 Å². The van der Waals surface area contributed by atoms with E-state index < -0.39 is 11.9 Å². The maximum absolute atomic E-state index is 13.0. The van der Waals surface area contributed by atoms with E-state index in [9.17, 15) is 14.4 Å². The third kappa shape index (κ3) is 4.62. The van der Waals surface area contributed by atoms with Gasteiger partial charge in [0.15, 0.2) is 0 Å². The summed E-state index contributed by atoms with van der Waals surface area (Å²) in [6, 6.07) is 8.51. The van der Waals surface area contributed by atoms with E-state index in [0.29, 0.717) is 48.6 Å². The number of hydrogen-bond acceptors (Lipinski definition) is 6. The van der Waals surface area contributed by atoms with Gasteiger partial charge >= 0.3 is 0 Å². The van der Waals surface area contributed by atoms with E-state index in [1.54, 1.807) is 18.2 Å². The number of piperidine rings is 1. The molecule has 0 saturated carbocycles. The molecular weight excluding hydrogens is 422 g/mol. The molecule has 1 atom stereocenters. The van der Waals surface area contributed by atoms with Crippen molar-refractivity contribution in [2.75, 3.05) is 26.3 Å². The summed E-state index contributed by atoms with van der Waals surface area (Å²) in [4.78, 5) is 40.5. The van der Waals surface area contributed by atoms with Gasteiger partial charge in [0.25, 0.3) is 5.91 Å². The molecule has 2 fully saturated rings. The van der Waals surface area contributed by atoms with Crippen LogP contribution in [0.3, 0.4) is 0 Å². The fourth-order valence-electron chi connectivity index (χ4n) is 4.47. The van der Waals surface area contributed by atoms with Gasteiger partial charge in [-0.25, -0.2) is 0 Å². The maximum Gasteiger partial charge on any atom is 0.255 e. The average Bonchev–Trinajstić information content (AvgIpc) is 3.19. The fourth-order valence-corrected chi connectivity index (χ4v) is 4.47. The molecule has 1 unspecified atom stereocenters. The number of benzene rings is 2. The molecule has 0 spiro atoms. The van der Waals surface area contributed by atoms with Crippen molar-refractivity contribution in [1.29, 1.82) is 0 Å². The van der Waals surface area contributed by atoms with E-state index in [1.165, 1.54) is 4.90 Å². The molecule has 172 valence electrons. The molecule has 2 aromatic carbocycles. The number of fused-ring (bicyclic) bond motifs is 1. The second-order valence-corrected chi connectivity index (χ2v) is 8.49. The third-order valence-corrected chi connectivity index (χ3v) is 6.29. The normalized spacial score (nSPS) is 22.0. The molecule has 33 heavy (non-hydrogen) atoms. The number of carbonyl (C=O) groups excluding carboxylic acids is 3. The second-order valence-electron chi connectivity index (χ2n) is 8.49. The topological polar surface area (TPSA) is 88.2 Å². The minimum absolute atomic E-state index is 0.0889. The van der Waals surface area contributed by atoms with Gasteiger partial charge < -0.3 is 14.4 Å². The van der Waals surface area contributed by atoms with Crippen LogP contribution in [0, 0.1) is 0 Å². The van der Waals surface area contributed by atoms with Crippen molar-refractivity contribution in [3.8, 4) is 5.75 Å². The van der Waals surface area contributed by atoms with E-state index in [1.807, 2.05) is 12.1 Å². The van der Waals surface area contributed by atoms with Crippen molar-refractivity contribution in [2.45, 2.75) is 38.6 Å². The monoisotopic (exact) mass is 451 g/mol. The lowest BCUT2D eigenvalue weighted by Gasteiger charge is -2.29. The number of ether oxygens (including phenoxy) is 2. The summed E-state index contributed by atoms with van der Waals surface area (Å²) in [5.74, 6) is -0.532. The van der Waals surface area contributed by atoms with E-state index in [2.05, 4.69) is 10.2 Å². The first-order valence-corrected chi connectivity index (χ1v) is 11.2. The molecule has 5 rings (SSSR count). The number of rotatable bonds is 6. The highest BCUT2D eigenvalue weighted by Crippen LogP contribution is 2.34. The molecule has 1 N–H and O–H groups in total. The summed E-state index contributed by atoms with van der Waals surface area (Å²) in [6.07, 6.45) is 0.495. The highest BCUT2D eigenvalue weighted by molar-refractivity contribution is 6.05. The van der Waals surface area contributed by atoms with Crippen molar-refractivity contribution in [3.63, 3.8) is 0 Å². The van der Waals surface area contributed by atoms with E-state index in [-0.39, 0.29) is 43.5 Å². The van der Waals surface area contributed by atoms with Crippen LogP contribution in [0.15, 0.2) is 42.4 Å². The van der Waals surface area contributed by atoms with Crippen LogP contribution in [0.1, 0.15) is 42.6 Å². The van der Waals surface area contributed by atoms with Gasteiger partial charge in [-0.1, -0.05) is 30.3 Å². The zero-order chi connectivity index (χ0) is 24.5. The Kier molecular flexibility index (Phi) is 5.44. The first-order valence-electron chi connectivity index (χ1n) is 12.2. The Morgan fingerprint density at radius 2 is 1.88 bits per heavy atom. The molecule has 8 heteroatoms. The van der Waals surface area contributed by atoms with Crippen LogP contribution in [0.25, 0.3) is 0 Å². The molecule has 3 aliphatic rings. The summed E-state index contributed by atoms with van der Waals surface area (Å²) < 4.78 is 28.3. The molecule has 2 saturated heterocycles. The summed E-state index contributed by atoms with van der Waals surface area (Å²) in [5.41, 5.74) is 2.54. The third-order valence-electron chi connectivity index (χ3n) is 6.29. The van der Waals surface area contributed by atoms with Crippen molar-refractivity contribution in [3.05, 3.63) is 64.7 Å². The quantitative estimate of drug-likeness (QED) is 0.675. The first-order chi connectivity index (χ1) is 16.9. The fraction of sp³-hybridized carbons (Fsp3) is 0.400. The second kappa shape index (κ2) is 9.33. The Morgan fingerprint density at radius 3 is 2.70 bits per heavy atom. The lowest BCUT2D eigenvalue weighted by molar-refractivity contribution is -0.136. The van der Waals surface area contributed by atoms with Gasteiger partial charge in [0.05, 0.1) is 22.5 Å². The summed E-state index contributed by atoms with van der Waals surface area (Å²) in [6.45, 7) is 3.89. The minimum Gasteiger partial charge on any atom is -0.489 e. The molecule has 3 aliphatic heterocycles. The van der Waals surface area contributed by atoms with Gasteiger partial charge in [0.1, 0.15) is 18.4 Å². The van der Waals surface area contributed by atoms with Crippen LogP contribution in [0.4, 0.5) is 0 Å². The van der Waals surface area contributed by atoms with Crippen molar-refractivity contribution in [1.82, 2.24) is 15.1 Å². The lowest BCUT2D eigenvalue weighted by Crippen LogP contribution is -2.52. The van der Waals surface area contributed by atoms with Crippen LogP contribution in [-0.4, -0.2) is 59.9 Å². The summed E-state index contributed by atoms with van der Waals surface area (Å²) in [7, 11) is 0. The van der Waals surface area contributed by atoms with Crippen molar-refractivity contribution >= 4 is 17.7 Å². The zero-order valence-electron chi connectivity index (χ0n) is 20.3. The molecule has 0 radical (unpaired) electrons. The molecule has 3 heterocycles. The number of nitrogens with zero attached hydrogens (tertiary/aromatic N) is 2. The van der Waals surface area contributed by atoms with Gasteiger partial charge in [0, 0.05) is 37.2 Å². The Balaban J connectivity index is 1.29. The van der Waals surface area contributed by atoms with Crippen molar-refractivity contribution < 1.29 is 26.6 Å². The molecule has 2 aromatic rings. The maximum atomic E-state index is 13.0. The molecule has 0 bridgehead atoms. The van der Waals surface area contributed by atoms with Crippen molar-refractivity contribution in [2.24, 2.45) is 0 Å². The van der Waals surface area contributed by atoms with Crippen LogP contribution < -0.4 is 10.1 Å². The predicted molar refractivity (Wildman–Crippen MR) is 119 cm³/mol. The molecule has 0 aliphatic carbocycles. The Morgan fingerprint density at radius 1 is 1.09 bits per heavy atom. The molecular formula is C25H27N3O5. The number of nitrogens with one attached hydrogen (secondary N) is 1. The van der Waals surface area contributed by atoms with Crippen LogP contribution in [-0.2, 0) is 34.0 Å². The molecule has 0 aromatic heterocycles. The molecule has 8 nitrogen and oxygen atoms in total. The van der Waals surface area contributed by atoms with Crippen LogP contribution in [0.2, 0.25) is 0 Å². The number of morpholine rings is 1. The lowest BCUT2D eigenvalue weighted by atomic mass is 10.0. The number of imide groups is 1. The minimum atomic E-state index is -0.690. The average molecular weight is 452 g/mol. The van der Waals surface area contributed by atoms with Gasteiger partial charge in [-0.05, 0) is 29.7 Å². The van der Waals surface area contributed by atoms with Gasteiger partial charge in [-0.3, -0.25) is 24.6 Å². The highest BCUT2D eigenvalue weighted by Gasteiger charge is 2.40. The first kappa shape index (κ1) is 19.3. The predicted octanol–water partition coefficient (Wildman–Crippen LogP) is 1.86. The smallest absolute Gasteiger partial charge is 0.255 e. The largest absolute Gasteiger partial charge is 0.489 e. The summed E-state index contributed by atoms with van der Waals surface area (Å²) >= 11 is 0. The van der Waals surface area contributed by atoms with E-state index in [4.69, 9.17) is 12.2 Å². The zero-order valence-corrected chi connectivity index (χ0v) is 18.3. The SMILES string of the molecule is [2H]c1c(COc2cccc3c2CN(C2CCC(=O)NC2=O)C3=O)ccc(CN2CCOCC2)c1[2H]. The van der Waals surface area contributed by atoms with Crippen LogP contribution >= 0.6 is 0 Å². The highest BCUT2D eigenvalue weighted by atomic mass is 16.5. The standard InChI is InChI=1S/C25H27N3O5/c29-23-9-8-21(24(30)26-23)28-15-20-19(25(28)31)2-1-3-22(20)33-16-18-6-4-17(5-7-18)14-27-10-12-32-13-11-27/h1-7,21H,8-16H2,(H,26,29,30)/i4D,6D.